The van der Waals surface area contributed by atoms with Gasteiger partial charge in [-0.1, -0.05) is 30.3 Å². The van der Waals surface area contributed by atoms with E-state index in [2.05, 4.69) is 16.9 Å². The highest BCUT2D eigenvalue weighted by Gasteiger charge is 2.11. The highest BCUT2D eigenvalue weighted by molar-refractivity contribution is 6.28. The van der Waals surface area contributed by atoms with E-state index in [1.54, 1.807) is 6.20 Å². The lowest BCUT2D eigenvalue weighted by molar-refractivity contribution is 0.208. The van der Waals surface area contributed by atoms with Crippen LogP contribution in [-0.2, 0) is 0 Å². The second-order valence-corrected chi connectivity index (χ2v) is 5.38. The van der Waals surface area contributed by atoms with Crippen molar-refractivity contribution in [3.63, 3.8) is 0 Å². The van der Waals surface area contributed by atoms with Crippen molar-refractivity contribution in [1.82, 2.24) is 9.97 Å². The van der Waals surface area contributed by atoms with Gasteiger partial charge in [0, 0.05) is 11.8 Å². The molecule has 0 N–H and O–H groups in total. The van der Waals surface area contributed by atoms with Crippen LogP contribution in [0.15, 0.2) is 66.9 Å². The number of ether oxygens (including phenoxy) is 1. The van der Waals surface area contributed by atoms with Crippen LogP contribution in [0.3, 0.4) is 0 Å². The Balaban J connectivity index is 1.77. The maximum Gasteiger partial charge on any atom is 0.222 e. The van der Waals surface area contributed by atoms with Gasteiger partial charge in [0.05, 0.1) is 5.69 Å². The van der Waals surface area contributed by atoms with E-state index in [0.717, 1.165) is 22.6 Å². The molecule has 0 fully saturated rings. The fourth-order valence-electron chi connectivity index (χ4n) is 2.33. The van der Waals surface area contributed by atoms with Crippen LogP contribution in [0.25, 0.3) is 11.3 Å². The number of hydrogen-bond donors (Lipinski definition) is 0. The monoisotopic (exact) mass is 323 g/mol. The Morgan fingerprint density at radius 2 is 1.74 bits per heavy atom. The SMILES string of the molecule is [CH2]CC(Oc1ccc(-c2ccnc(Cl)n2)cc1)c1ccccc1. The minimum absolute atomic E-state index is 0.0597. The summed E-state index contributed by atoms with van der Waals surface area (Å²) in [6.07, 6.45) is 2.24. The molecule has 0 saturated carbocycles. The number of nitrogens with zero attached hydrogens (tertiary/aromatic N) is 2. The zero-order valence-corrected chi connectivity index (χ0v) is 13.3. The molecule has 4 heteroatoms. The molecule has 0 saturated heterocycles. The minimum atomic E-state index is -0.0597. The third-order valence-corrected chi connectivity index (χ3v) is 3.67. The topological polar surface area (TPSA) is 35.0 Å². The zero-order valence-electron chi connectivity index (χ0n) is 12.5. The van der Waals surface area contributed by atoms with E-state index < -0.39 is 0 Å². The van der Waals surface area contributed by atoms with Crippen LogP contribution in [0, 0.1) is 6.92 Å². The standard InChI is InChI=1S/C19H16ClN2O/c1-2-18(15-6-4-3-5-7-15)23-16-10-8-14(9-11-16)17-12-13-21-19(20)22-17/h3-13,18H,1-2H2. The lowest BCUT2D eigenvalue weighted by atomic mass is 10.1. The first-order chi connectivity index (χ1) is 11.3. The molecule has 3 nitrogen and oxygen atoms in total. The number of aromatic nitrogens is 2. The smallest absolute Gasteiger partial charge is 0.222 e. The van der Waals surface area contributed by atoms with Gasteiger partial charge in [-0.3, -0.25) is 0 Å². The number of benzene rings is 2. The molecule has 3 aromatic rings. The molecule has 0 bridgehead atoms. The van der Waals surface area contributed by atoms with Gasteiger partial charge in [0.1, 0.15) is 11.9 Å². The molecule has 0 amide bonds. The van der Waals surface area contributed by atoms with Gasteiger partial charge in [-0.25, -0.2) is 9.97 Å². The van der Waals surface area contributed by atoms with E-state index in [1.165, 1.54) is 0 Å². The first-order valence-electron chi connectivity index (χ1n) is 7.36. The Labute approximate surface area is 140 Å². The number of rotatable bonds is 5. The lowest BCUT2D eigenvalue weighted by Gasteiger charge is -2.18. The molecule has 1 radical (unpaired) electrons. The van der Waals surface area contributed by atoms with Crippen molar-refractivity contribution in [2.75, 3.05) is 0 Å². The predicted molar refractivity (Wildman–Crippen MR) is 92.3 cm³/mol. The quantitative estimate of drug-likeness (QED) is 0.610. The molecule has 1 atom stereocenters. The molecule has 0 aliphatic rings. The largest absolute Gasteiger partial charge is 0.486 e. The van der Waals surface area contributed by atoms with Crippen molar-refractivity contribution in [3.8, 4) is 17.0 Å². The Kier molecular flexibility index (Phi) is 4.89. The van der Waals surface area contributed by atoms with Crippen LogP contribution in [0.4, 0.5) is 0 Å². The van der Waals surface area contributed by atoms with Crippen LogP contribution >= 0.6 is 11.6 Å². The number of halogens is 1. The highest BCUT2D eigenvalue weighted by Crippen LogP contribution is 2.27. The van der Waals surface area contributed by atoms with Crippen LogP contribution < -0.4 is 4.74 Å². The molecular formula is C19H16ClN2O. The van der Waals surface area contributed by atoms with Gasteiger partial charge in [-0.05, 0) is 60.8 Å². The summed E-state index contributed by atoms with van der Waals surface area (Å²) >= 11 is 5.83. The van der Waals surface area contributed by atoms with Crippen LogP contribution in [0.5, 0.6) is 5.75 Å². The van der Waals surface area contributed by atoms with Crippen molar-refractivity contribution in [2.24, 2.45) is 0 Å². The van der Waals surface area contributed by atoms with Gasteiger partial charge in [-0.15, -0.1) is 0 Å². The molecule has 2 aromatic carbocycles. The highest BCUT2D eigenvalue weighted by atomic mass is 35.5. The van der Waals surface area contributed by atoms with E-state index in [0.29, 0.717) is 6.42 Å². The summed E-state index contributed by atoms with van der Waals surface area (Å²) in [5.41, 5.74) is 2.87. The average Bonchev–Trinajstić information content (AvgIpc) is 2.61. The van der Waals surface area contributed by atoms with Gasteiger partial charge in [0.2, 0.25) is 5.28 Å². The third kappa shape index (κ3) is 3.88. The van der Waals surface area contributed by atoms with E-state index in [-0.39, 0.29) is 11.4 Å². The van der Waals surface area contributed by atoms with Crippen LogP contribution in [-0.4, -0.2) is 9.97 Å². The summed E-state index contributed by atoms with van der Waals surface area (Å²) < 4.78 is 6.04. The van der Waals surface area contributed by atoms with Gasteiger partial charge in [0.25, 0.3) is 0 Å². The molecule has 23 heavy (non-hydrogen) atoms. The fraction of sp³-hybridized carbons (Fsp3) is 0.105. The summed E-state index contributed by atoms with van der Waals surface area (Å²) in [6.45, 7) is 3.98. The van der Waals surface area contributed by atoms with E-state index in [4.69, 9.17) is 16.3 Å². The van der Waals surface area contributed by atoms with Crippen molar-refractivity contribution in [3.05, 3.63) is 84.6 Å². The molecule has 1 unspecified atom stereocenters. The summed E-state index contributed by atoms with van der Waals surface area (Å²) in [4.78, 5) is 8.09. The normalized spacial score (nSPS) is 11.9. The summed E-state index contributed by atoms with van der Waals surface area (Å²) in [5, 5.41) is 0.240. The number of hydrogen-bond acceptors (Lipinski definition) is 3. The summed E-state index contributed by atoms with van der Waals surface area (Å²) in [6, 6.07) is 19.7. The van der Waals surface area contributed by atoms with Crippen LogP contribution in [0.2, 0.25) is 5.28 Å². The molecule has 1 aromatic heterocycles. The first-order valence-corrected chi connectivity index (χ1v) is 7.74. The third-order valence-electron chi connectivity index (χ3n) is 3.49. The molecule has 0 spiro atoms. The van der Waals surface area contributed by atoms with Crippen LogP contribution in [0.1, 0.15) is 18.1 Å². The van der Waals surface area contributed by atoms with Gasteiger partial charge in [-0.2, -0.15) is 0 Å². The Morgan fingerprint density at radius 3 is 2.39 bits per heavy atom. The maximum atomic E-state index is 6.04. The summed E-state index contributed by atoms with van der Waals surface area (Å²) in [7, 11) is 0. The van der Waals surface area contributed by atoms with Gasteiger partial charge in [0.15, 0.2) is 0 Å². The molecular weight excluding hydrogens is 308 g/mol. The van der Waals surface area contributed by atoms with Crippen molar-refractivity contribution >= 4 is 11.6 Å². The maximum absolute atomic E-state index is 6.04. The molecule has 1 heterocycles. The van der Waals surface area contributed by atoms with E-state index in [1.807, 2.05) is 60.7 Å². The minimum Gasteiger partial charge on any atom is -0.486 e. The Hall–Kier alpha value is -2.39. The molecule has 115 valence electrons. The first kappa shape index (κ1) is 15.5. The van der Waals surface area contributed by atoms with Crippen molar-refractivity contribution in [2.45, 2.75) is 12.5 Å². The molecule has 3 rings (SSSR count). The van der Waals surface area contributed by atoms with Crippen molar-refractivity contribution in [1.29, 1.82) is 0 Å². The lowest BCUT2D eigenvalue weighted by Crippen LogP contribution is -2.06. The second kappa shape index (κ2) is 7.25. The molecule has 0 aliphatic carbocycles. The summed E-state index contributed by atoms with van der Waals surface area (Å²) in [5.74, 6) is 0.798. The Morgan fingerprint density at radius 1 is 1.00 bits per heavy atom. The van der Waals surface area contributed by atoms with Gasteiger partial charge < -0.3 is 4.74 Å². The average molecular weight is 324 g/mol. The zero-order chi connectivity index (χ0) is 16.1. The Bertz CT molecular complexity index is 760. The van der Waals surface area contributed by atoms with Crippen molar-refractivity contribution < 1.29 is 4.74 Å². The molecule has 0 aliphatic heterocycles. The van der Waals surface area contributed by atoms with Gasteiger partial charge >= 0.3 is 0 Å². The van der Waals surface area contributed by atoms with E-state index in [9.17, 15) is 0 Å². The predicted octanol–water partition coefficient (Wildman–Crippen LogP) is 5.14. The fourth-order valence-corrected chi connectivity index (χ4v) is 2.47. The van der Waals surface area contributed by atoms with E-state index >= 15 is 0 Å². The second-order valence-electron chi connectivity index (χ2n) is 5.04.